The lowest BCUT2D eigenvalue weighted by molar-refractivity contribution is -0.137. The highest BCUT2D eigenvalue weighted by Gasteiger charge is 2.15. The number of carboxylic acid groups (broad SMARTS) is 1. The highest BCUT2D eigenvalue weighted by molar-refractivity contribution is 5.99. The van der Waals surface area contributed by atoms with Crippen LogP contribution in [0.25, 0.3) is 0 Å². The van der Waals surface area contributed by atoms with E-state index in [2.05, 4.69) is 0 Å². The summed E-state index contributed by atoms with van der Waals surface area (Å²) in [6, 6.07) is 0. The van der Waals surface area contributed by atoms with Gasteiger partial charge in [-0.15, -0.1) is 0 Å². The minimum atomic E-state index is -0.925. The fraction of sp³-hybridized carbons (Fsp3) is 0.500. The molecule has 11 heavy (non-hydrogen) atoms. The lowest BCUT2D eigenvalue weighted by atomic mass is 9.96. The van der Waals surface area contributed by atoms with Crippen LogP contribution in [0.1, 0.15) is 25.7 Å². The van der Waals surface area contributed by atoms with E-state index in [1.807, 2.05) is 0 Å². The van der Waals surface area contributed by atoms with Crippen molar-refractivity contribution in [2.45, 2.75) is 25.7 Å². The average Bonchev–Trinajstić information content (AvgIpc) is 1.93. The molecule has 0 aromatic rings. The van der Waals surface area contributed by atoms with Crippen molar-refractivity contribution in [3.63, 3.8) is 0 Å². The molecule has 0 unspecified atom stereocenters. The van der Waals surface area contributed by atoms with E-state index in [1.165, 1.54) is 0 Å². The molecule has 0 heterocycles. The van der Waals surface area contributed by atoms with Crippen molar-refractivity contribution in [2.24, 2.45) is 0 Å². The number of hydrogen-bond donors (Lipinski definition) is 1. The molecule has 0 radical (unpaired) electrons. The third-order valence-corrected chi connectivity index (χ3v) is 1.70. The Kier molecular flexibility index (Phi) is 2.41. The number of rotatable bonds is 2. The number of allylic oxidation sites excluding steroid dienone is 1. The van der Waals surface area contributed by atoms with Gasteiger partial charge in [0.15, 0.2) is 5.78 Å². The van der Waals surface area contributed by atoms with Gasteiger partial charge in [-0.05, 0) is 12.8 Å². The van der Waals surface area contributed by atoms with E-state index in [9.17, 15) is 9.59 Å². The molecule has 1 rings (SSSR count). The second kappa shape index (κ2) is 3.32. The number of aliphatic carboxylic acids is 1. The Morgan fingerprint density at radius 3 is 2.91 bits per heavy atom. The summed E-state index contributed by atoms with van der Waals surface area (Å²) in [6.07, 6.45) is 3.84. The number of carbonyl (C=O) groups excluding carboxylic acids is 1. The van der Waals surface area contributed by atoms with Crippen LogP contribution in [-0.4, -0.2) is 16.9 Å². The number of carboxylic acids is 1. The van der Waals surface area contributed by atoms with E-state index in [-0.39, 0.29) is 12.2 Å². The molecular formula is C8H10O3. The minimum Gasteiger partial charge on any atom is -0.481 e. The van der Waals surface area contributed by atoms with Gasteiger partial charge in [-0.2, -0.15) is 0 Å². The van der Waals surface area contributed by atoms with Gasteiger partial charge < -0.3 is 5.11 Å². The van der Waals surface area contributed by atoms with Gasteiger partial charge >= 0.3 is 5.97 Å². The first kappa shape index (κ1) is 7.98. The molecule has 3 nitrogen and oxygen atoms in total. The summed E-state index contributed by atoms with van der Waals surface area (Å²) in [5, 5.41) is 8.39. The number of hydrogen-bond acceptors (Lipinski definition) is 2. The molecule has 0 spiro atoms. The quantitative estimate of drug-likeness (QED) is 0.648. The smallest absolute Gasteiger partial charge is 0.307 e. The van der Waals surface area contributed by atoms with Crippen LogP contribution in [0.15, 0.2) is 11.6 Å². The topological polar surface area (TPSA) is 54.4 Å². The summed E-state index contributed by atoms with van der Waals surface area (Å²) in [7, 11) is 0. The summed E-state index contributed by atoms with van der Waals surface area (Å²) in [4.78, 5) is 21.2. The molecule has 0 saturated heterocycles. The number of ketones is 1. The van der Waals surface area contributed by atoms with Crippen molar-refractivity contribution in [1.82, 2.24) is 0 Å². The molecule has 0 fully saturated rings. The van der Waals surface area contributed by atoms with Gasteiger partial charge in [-0.1, -0.05) is 6.08 Å². The molecule has 0 saturated carbocycles. The van der Waals surface area contributed by atoms with Crippen molar-refractivity contribution in [1.29, 1.82) is 0 Å². The van der Waals surface area contributed by atoms with Gasteiger partial charge in [0.1, 0.15) is 0 Å². The zero-order chi connectivity index (χ0) is 8.27. The monoisotopic (exact) mass is 154 g/mol. The maximum absolute atomic E-state index is 11.0. The van der Waals surface area contributed by atoms with E-state index < -0.39 is 5.97 Å². The van der Waals surface area contributed by atoms with E-state index >= 15 is 0 Å². The van der Waals surface area contributed by atoms with Crippen LogP contribution in [0.4, 0.5) is 0 Å². The van der Waals surface area contributed by atoms with Crippen LogP contribution < -0.4 is 0 Å². The molecule has 0 aliphatic heterocycles. The molecule has 60 valence electrons. The van der Waals surface area contributed by atoms with Gasteiger partial charge in [0.2, 0.25) is 0 Å². The fourth-order valence-corrected chi connectivity index (χ4v) is 1.15. The van der Waals surface area contributed by atoms with E-state index in [0.29, 0.717) is 12.0 Å². The molecule has 1 aliphatic rings. The second-order valence-corrected chi connectivity index (χ2v) is 2.62. The molecule has 0 amide bonds. The molecule has 3 heteroatoms. The second-order valence-electron chi connectivity index (χ2n) is 2.62. The largest absolute Gasteiger partial charge is 0.481 e. The number of carbonyl (C=O) groups is 2. The third-order valence-electron chi connectivity index (χ3n) is 1.70. The Morgan fingerprint density at radius 2 is 2.36 bits per heavy atom. The molecule has 1 aliphatic carbocycles. The van der Waals surface area contributed by atoms with Gasteiger partial charge in [-0.25, -0.2) is 0 Å². The van der Waals surface area contributed by atoms with Crippen LogP contribution in [0, 0.1) is 0 Å². The summed E-state index contributed by atoms with van der Waals surface area (Å²) in [6.45, 7) is 0. The van der Waals surface area contributed by atoms with Gasteiger partial charge in [0.25, 0.3) is 0 Å². The lowest BCUT2D eigenvalue weighted by Gasteiger charge is -2.08. The summed E-state index contributed by atoms with van der Waals surface area (Å²) >= 11 is 0. The predicted octanol–water partition coefficient (Wildman–Crippen LogP) is 1.14. The predicted molar refractivity (Wildman–Crippen MR) is 39.2 cm³/mol. The highest BCUT2D eigenvalue weighted by atomic mass is 16.4. The first-order valence-electron chi connectivity index (χ1n) is 3.64. The minimum absolute atomic E-state index is 0.00125. The SMILES string of the molecule is O=C(O)CC1=CCCCC1=O. The van der Waals surface area contributed by atoms with Crippen molar-refractivity contribution in [3.05, 3.63) is 11.6 Å². The van der Waals surface area contributed by atoms with Gasteiger partial charge in [0, 0.05) is 12.0 Å². The molecule has 0 aromatic heterocycles. The van der Waals surface area contributed by atoms with Gasteiger partial charge in [0.05, 0.1) is 6.42 Å². The third kappa shape index (κ3) is 2.18. The van der Waals surface area contributed by atoms with Crippen molar-refractivity contribution >= 4 is 11.8 Å². The summed E-state index contributed by atoms with van der Waals surface area (Å²) in [5.74, 6) is -0.926. The van der Waals surface area contributed by atoms with Gasteiger partial charge in [-0.3, -0.25) is 9.59 Å². The van der Waals surface area contributed by atoms with E-state index in [1.54, 1.807) is 6.08 Å². The molecule has 0 atom stereocenters. The molecule has 1 N–H and O–H groups in total. The zero-order valence-electron chi connectivity index (χ0n) is 6.17. The Balaban J connectivity index is 2.61. The summed E-state index contributed by atoms with van der Waals surface area (Å²) in [5.41, 5.74) is 0.476. The Labute approximate surface area is 64.7 Å². The van der Waals surface area contributed by atoms with Crippen molar-refractivity contribution in [3.8, 4) is 0 Å². The lowest BCUT2D eigenvalue weighted by Crippen LogP contribution is -2.10. The van der Waals surface area contributed by atoms with Crippen LogP contribution in [0.5, 0.6) is 0 Å². The van der Waals surface area contributed by atoms with Crippen molar-refractivity contribution in [2.75, 3.05) is 0 Å². The first-order valence-corrected chi connectivity index (χ1v) is 3.64. The van der Waals surface area contributed by atoms with Crippen LogP contribution >= 0.6 is 0 Å². The first-order chi connectivity index (χ1) is 5.20. The maximum atomic E-state index is 11.0. The molecule has 0 aromatic carbocycles. The Bertz CT molecular complexity index is 215. The molecule has 0 bridgehead atoms. The average molecular weight is 154 g/mol. The Morgan fingerprint density at radius 1 is 1.64 bits per heavy atom. The van der Waals surface area contributed by atoms with E-state index in [4.69, 9.17) is 5.11 Å². The summed E-state index contributed by atoms with van der Waals surface area (Å²) < 4.78 is 0. The van der Waals surface area contributed by atoms with Crippen molar-refractivity contribution < 1.29 is 14.7 Å². The fourth-order valence-electron chi connectivity index (χ4n) is 1.15. The highest BCUT2D eigenvalue weighted by Crippen LogP contribution is 2.16. The molecular weight excluding hydrogens is 144 g/mol. The standard InChI is InChI=1S/C8H10O3/c9-7-4-2-1-3-6(7)5-8(10)11/h3H,1-2,4-5H2,(H,10,11). The van der Waals surface area contributed by atoms with Crippen LogP contribution in [-0.2, 0) is 9.59 Å². The van der Waals surface area contributed by atoms with E-state index in [0.717, 1.165) is 12.8 Å². The van der Waals surface area contributed by atoms with Crippen LogP contribution in [0.2, 0.25) is 0 Å². The normalized spacial score (nSPS) is 17.8. The Hall–Kier alpha value is -1.12. The maximum Gasteiger partial charge on any atom is 0.307 e. The number of Topliss-reactive ketones (excluding diaryl/α,β-unsaturated/α-hetero) is 1. The van der Waals surface area contributed by atoms with Crippen LogP contribution in [0.3, 0.4) is 0 Å². The zero-order valence-corrected chi connectivity index (χ0v) is 6.17.